The van der Waals surface area contributed by atoms with Crippen LogP contribution in [0.2, 0.25) is 0 Å². The van der Waals surface area contributed by atoms with Gasteiger partial charge in [-0.2, -0.15) is 0 Å². The monoisotopic (exact) mass is 597 g/mol. The molecule has 1 aliphatic carbocycles. The molecule has 43 heavy (non-hydrogen) atoms. The van der Waals surface area contributed by atoms with Crippen LogP contribution in [0, 0.1) is 11.7 Å². The summed E-state index contributed by atoms with van der Waals surface area (Å²) in [6.07, 6.45) is 3.06. The number of hydrogen-bond acceptors (Lipinski definition) is 5. The lowest BCUT2D eigenvalue weighted by Crippen LogP contribution is -2.24. The van der Waals surface area contributed by atoms with Crippen LogP contribution in [0.25, 0.3) is 16.8 Å². The predicted molar refractivity (Wildman–Crippen MR) is 151 cm³/mol. The second kappa shape index (κ2) is 12.8. The minimum atomic E-state index is -4.91. The summed E-state index contributed by atoms with van der Waals surface area (Å²) >= 11 is 0. The number of carbonyl (C=O) groups excluding carboxylic acids is 2. The number of nitrogens with one attached hydrogen (secondary N) is 1. The van der Waals surface area contributed by atoms with Gasteiger partial charge in [0, 0.05) is 30.9 Å². The van der Waals surface area contributed by atoms with Crippen molar-refractivity contribution < 1.29 is 36.6 Å². The smallest absolute Gasteiger partial charge is 0.466 e. The van der Waals surface area contributed by atoms with Crippen molar-refractivity contribution in [3.8, 4) is 16.9 Å². The largest absolute Gasteiger partial charge is 0.573 e. The zero-order valence-electron chi connectivity index (χ0n) is 23.5. The number of alkyl halides is 3. The third kappa shape index (κ3) is 7.71. The summed E-state index contributed by atoms with van der Waals surface area (Å²) in [5.74, 6) is -1.23. The first-order chi connectivity index (χ1) is 20.6. The quantitative estimate of drug-likeness (QED) is 0.163. The van der Waals surface area contributed by atoms with E-state index in [0.29, 0.717) is 30.5 Å². The Bertz CT molecular complexity index is 1590. The maximum absolute atomic E-state index is 14.1. The van der Waals surface area contributed by atoms with Crippen LogP contribution in [-0.4, -0.2) is 34.2 Å². The summed E-state index contributed by atoms with van der Waals surface area (Å²) < 4.78 is 62.2. The molecule has 1 amide bonds. The molecule has 0 unspecified atom stereocenters. The Morgan fingerprint density at radius 2 is 1.70 bits per heavy atom. The van der Waals surface area contributed by atoms with Gasteiger partial charge in [-0.05, 0) is 91.5 Å². The second-order valence-electron chi connectivity index (χ2n) is 10.6. The van der Waals surface area contributed by atoms with Gasteiger partial charge in [0.05, 0.1) is 6.61 Å². The number of halogens is 4. The fourth-order valence-electron chi connectivity index (χ4n) is 5.52. The average Bonchev–Trinajstić information content (AvgIpc) is 3.41. The Labute approximate surface area is 245 Å². The van der Waals surface area contributed by atoms with Crippen LogP contribution >= 0.6 is 0 Å². The first kappa shape index (κ1) is 30.1. The zero-order valence-corrected chi connectivity index (χ0v) is 23.5. The lowest BCUT2D eigenvalue weighted by atomic mass is 9.77. The molecule has 1 N–H and O–H groups in total. The second-order valence-corrected chi connectivity index (χ2v) is 10.6. The van der Waals surface area contributed by atoms with Crippen molar-refractivity contribution in [2.45, 2.75) is 57.9 Å². The molecule has 2 aromatic carbocycles. The van der Waals surface area contributed by atoms with Crippen LogP contribution < -0.4 is 10.1 Å². The molecule has 2 heterocycles. The third-order valence-electron chi connectivity index (χ3n) is 7.70. The molecule has 1 fully saturated rings. The molecular formula is C32H31F4N3O4. The molecule has 7 nitrogen and oxygen atoms in total. The van der Waals surface area contributed by atoms with Crippen molar-refractivity contribution in [1.82, 2.24) is 14.7 Å². The standard InChI is InChI=1S/C32H31F4N3O4/c1-2-42-30(40)15-20-3-5-21(6-4-20)22-7-9-23(10-8-22)24-11-14-29-38-28(19-39(29)18-24)31(41)37-17-25-16-26(12-13-27(25)33)43-32(34,35)36/h7-14,16,18-21H,2-6,15,17H2,1H3,(H,37,41)/t20-,21-. The lowest BCUT2D eigenvalue weighted by molar-refractivity contribution is -0.274. The van der Waals surface area contributed by atoms with Crippen molar-refractivity contribution in [3.63, 3.8) is 0 Å². The number of nitrogens with zero attached hydrogens (tertiary/aromatic N) is 2. The molecule has 0 spiro atoms. The number of carbonyl (C=O) groups is 2. The van der Waals surface area contributed by atoms with Crippen molar-refractivity contribution in [3.05, 3.63) is 89.6 Å². The van der Waals surface area contributed by atoms with Gasteiger partial charge in [0.25, 0.3) is 5.91 Å². The summed E-state index contributed by atoms with van der Waals surface area (Å²) in [7, 11) is 0. The molecule has 11 heteroatoms. The number of pyridine rings is 1. The number of benzene rings is 2. The van der Waals surface area contributed by atoms with E-state index < -0.39 is 23.8 Å². The number of ether oxygens (including phenoxy) is 2. The van der Waals surface area contributed by atoms with E-state index in [-0.39, 0.29) is 23.8 Å². The van der Waals surface area contributed by atoms with Gasteiger partial charge in [-0.3, -0.25) is 9.59 Å². The predicted octanol–water partition coefficient (Wildman–Crippen LogP) is 7.20. The van der Waals surface area contributed by atoms with Gasteiger partial charge in [0.1, 0.15) is 22.9 Å². The number of amides is 1. The van der Waals surface area contributed by atoms with E-state index >= 15 is 0 Å². The van der Waals surface area contributed by atoms with Crippen molar-refractivity contribution in [2.75, 3.05) is 6.61 Å². The molecule has 226 valence electrons. The van der Waals surface area contributed by atoms with Crippen molar-refractivity contribution in [1.29, 1.82) is 0 Å². The highest BCUT2D eigenvalue weighted by atomic mass is 19.4. The van der Waals surface area contributed by atoms with Gasteiger partial charge in [-0.15, -0.1) is 13.2 Å². The number of aromatic nitrogens is 2. The highest BCUT2D eigenvalue weighted by Gasteiger charge is 2.31. The van der Waals surface area contributed by atoms with E-state index in [4.69, 9.17) is 4.74 Å². The van der Waals surface area contributed by atoms with Crippen LogP contribution in [0.5, 0.6) is 5.75 Å². The number of imidazole rings is 1. The maximum atomic E-state index is 14.1. The molecule has 1 saturated carbocycles. The van der Waals surface area contributed by atoms with Gasteiger partial charge in [-0.1, -0.05) is 24.3 Å². The van der Waals surface area contributed by atoms with E-state index in [2.05, 4.69) is 39.3 Å². The molecule has 0 bridgehead atoms. The molecule has 2 aromatic heterocycles. The normalized spacial score (nSPS) is 17.0. The first-order valence-corrected chi connectivity index (χ1v) is 14.1. The Hall–Kier alpha value is -4.41. The molecule has 4 aromatic rings. The fraction of sp³-hybridized carbons (Fsp3) is 0.344. The molecule has 1 aliphatic rings. The average molecular weight is 598 g/mol. The molecule has 5 rings (SSSR count). The zero-order chi connectivity index (χ0) is 30.6. The molecular weight excluding hydrogens is 566 g/mol. The highest BCUT2D eigenvalue weighted by Crippen LogP contribution is 2.38. The highest BCUT2D eigenvalue weighted by molar-refractivity contribution is 5.92. The van der Waals surface area contributed by atoms with E-state index in [0.717, 1.165) is 55.0 Å². The topological polar surface area (TPSA) is 81.9 Å². The fourth-order valence-corrected chi connectivity index (χ4v) is 5.52. The number of rotatable bonds is 9. The third-order valence-corrected chi connectivity index (χ3v) is 7.70. The Balaban J connectivity index is 1.20. The summed E-state index contributed by atoms with van der Waals surface area (Å²) in [5, 5.41) is 2.49. The van der Waals surface area contributed by atoms with Gasteiger partial charge in [0.2, 0.25) is 0 Å². The van der Waals surface area contributed by atoms with Crippen LogP contribution in [0.4, 0.5) is 17.6 Å². The summed E-state index contributed by atoms with van der Waals surface area (Å²) in [4.78, 5) is 28.8. The number of esters is 1. The van der Waals surface area contributed by atoms with Crippen LogP contribution in [0.15, 0.2) is 67.0 Å². The molecule has 0 saturated heterocycles. The number of fused-ring (bicyclic) bond motifs is 1. The Kier molecular flexibility index (Phi) is 8.98. The SMILES string of the molecule is CCOC(=O)C[C@H]1CC[C@H](c2ccc(-c3ccc4nc(C(=O)NCc5cc(OC(F)(F)F)ccc5F)cn4c3)cc2)CC1. The van der Waals surface area contributed by atoms with Gasteiger partial charge >= 0.3 is 12.3 Å². The summed E-state index contributed by atoms with van der Waals surface area (Å²) in [6.45, 7) is 1.89. The molecule has 0 aliphatic heterocycles. The van der Waals surface area contributed by atoms with E-state index in [9.17, 15) is 27.2 Å². The van der Waals surface area contributed by atoms with E-state index in [1.165, 1.54) is 11.8 Å². The summed E-state index contributed by atoms with van der Waals surface area (Å²) in [5.41, 5.74) is 3.64. The van der Waals surface area contributed by atoms with Gasteiger partial charge in [0.15, 0.2) is 0 Å². The minimum Gasteiger partial charge on any atom is -0.466 e. The summed E-state index contributed by atoms with van der Waals surface area (Å²) in [6, 6.07) is 14.7. The van der Waals surface area contributed by atoms with Crippen LogP contribution in [0.1, 0.15) is 66.6 Å². The van der Waals surface area contributed by atoms with Crippen molar-refractivity contribution >= 4 is 17.5 Å². The minimum absolute atomic E-state index is 0.0779. The van der Waals surface area contributed by atoms with Crippen molar-refractivity contribution in [2.24, 2.45) is 5.92 Å². The van der Waals surface area contributed by atoms with E-state index in [1.807, 2.05) is 19.2 Å². The Morgan fingerprint density at radius 3 is 2.40 bits per heavy atom. The lowest BCUT2D eigenvalue weighted by Gasteiger charge is -2.28. The van der Waals surface area contributed by atoms with Gasteiger partial charge < -0.3 is 19.2 Å². The van der Waals surface area contributed by atoms with Crippen LogP contribution in [-0.2, 0) is 16.1 Å². The van der Waals surface area contributed by atoms with Gasteiger partial charge in [-0.25, -0.2) is 9.37 Å². The number of hydrogen-bond donors (Lipinski definition) is 1. The first-order valence-electron chi connectivity index (χ1n) is 14.1. The Morgan fingerprint density at radius 1 is 0.977 bits per heavy atom. The molecule has 0 atom stereocenters. The van der Waals surface area contributed by atoms with E-state index in [1.54, 1.807) is 10.5 Å². The van der Waals surface area contributed by atoms with Crippen LogP contribution in [0.3, 0.4) is 0 Å². The maximum Gasteiger partial charge on any atom is 0.573 e. The molecule has 0 radical (unpaired) electrons.